The fraction of sp³-hybridized carbons (Fsp3) is 0.308. The molecule has 0 atom stereocenters. The maximum atomic E-state index is 12.7. The third-order valence-corrected chi connectivity index (χ3v) is 6.20. The van der Waals surface area contributed by atoms with Crippen LogP contribution in [0.25, 0.3) is 0 Å². The van der Waals surface area contributed by atoms with E-state index in [9.17, 15) is 9.59 Å². The first kappa shape index (κ1) is 23.6. The van der Waals surface area contributed by atoms with E-state index in [0.717, 1.165) is 18.5 Å². The summed E-state index contributed by atoms with van der Waals surface area (Å²) in [7, 11) is 1.55. The first-order valence-electron chi connectivity index (χ1n) is 11.9. The second-order valence-electron chi connectivity index (χ2n) is 8.62. The predicted octanol–water partition coefficient (Wildman–Crippen LogP) is 3.62. The number of carbonyl (C=O) groups is 2. The van der Waals surface area contributed by atoms with Gasteiger partial charge in [0.05, 0.1) is 19.0 Å². The van der Waals surface area contributed by atoms with Gasteiger partial charge in [-0.2, -0.15) is 4.98 Å². The number of nitrogens with one attached hydrogen (secondary N) is 3. The van der Waals surface area contributed by atoms with E-state index in [0.29, 0.717) is 60.6 Å². The van der Waals surface area contributed by atoms with Crippen LogP contribution < -0.4 is 25.6 Å². The minimum absolute atomic E-state index is 0.0877. The van der Waals surface area contributed by atoms with Crippen molar-refractivity contribution >= 4 is 40.6 Å². The highest BCUT2D eigenvalue weighted by Gasteiger charge is 2.23. The molecule has 36 heavy (non-hydrogen) atoms. The SMILES string of the molecule is COc1cc(C(=O)NC2CCOCC2)ccc1Nc1ncc2c(n1)N(c1ccccc1)CCC(=O)N2. The summed E-state index contributed by atoms with van der Waals surface area (Å²) in [4.78, 5) is 36.1. The zero-order valence-corrected chi connectivity index (χ0v) is 20.0. The molecule has 0 unspecified atom stereocenters. The van der Waals surface area contributed by atoms with Gasteiger partial charge in [-0.25, -0.2) is 4.98 Å². The molecule has 1 aromatic heterocycles. The molecular formula is C26H28N6O4. The van der Waals surface area contributed by atoms with Crippen LogP contribution in [0.1, 0.15) is 29.6 Å². The van der Waals surface area contributed by atoms with Crippen LogP contribution in [0.2, 0.25) is 0 Å². The van der Waals surface area contributed by atoms with Crippen molar-refractivity contribution < 1.29 is 19.1 Å². The van der Waals surface area contributed by atoms with Crippen LogP contribution in [0.5, 0.6) is 5.75 Å². The van der Waals surface area contributed by atoms with Gasteiger partial charge in [-0.15, -0.1) is 0 Å². The van der Waals surface area contributed by atoms with Gasteiger partial charge in [0.15, 0.2) is 5.82 Å². The maximum absolute atomic E-state index is 12.7. The fourth-order valence-electron chi connectivity index (χ4n) is 4.29. The Kier molecular flexibility index (Phi) is 6.94. The largest absolute Gasteiger partial charge is 0.495 e. The van der Waals surface area contributed by atoms with E-state index < -0.39 is 0 Å². The highest BCUT2D eigenvalue weighted by atomic mass is 16.5. The van der Waals surface area contributed by atoms with E-state index in [2.05, 4.69) is 20.9 Å². The molecule has 2 aliphatic heterocycles. The van der Waals surface area contributed by atoms with Crippen molar-refractivity contribution in [3.05, 3.63) is 60.3 Å². The number of anilines is 5. The summed E-state index contributed by atoms with van der Waals surface area (Å²) < 4.78 is 10.9. The lowest BCUT2D eigenvalue weighted by Gasteiger charge is -2.23. The van der Waals surface area contributed by atoms with Crippen LogP contribution in [0.15, 0.2) is 54.7 Å². The van der Waals surface area contributed by atoms with Gasteiger partial charge in [-0.1, -0.05) is 18.2 Å². The first-order chi connectivity index (χ1) is 17.6. The molecule has 10 nitrogen and oxygen atoms in total. The number of amides is 2. The van der Waals surface area contributed by atoms with Crippen molar-refractivity contribution in [2.75, 3.05) is 42.4 Å². The molecule has 5 rings (SSSR count). The van der Waals surface area contributed by atoms with E-state index >= 15 is 0 Å². The third kappa shape index (κ3) is 5.23. The summed E-state index contributed by atoms with van der Waals surface area (Å²) in [5, 5.41) is 9.13. The van der Waals surface area contributed by atoms with Gasteiger partial charge >= 0.3 is 0 Å². The highest BCUT2D eigenvalue weighted by molar-refractivity contribution is 5.97. The van der Waals surface area contributed by atoms with Crippen molar-refractivity contribution in [3.8, 4) is 5.75 Å². The van der Waals surface area contributed by atoms with Crippen LogP contribution >= 0.6 is 0 Å². The molecule has 2 amide bonds. The van der Waals surface area contributed by atoms with Crippen LogP contribution in [0.3, 0.4) is 0 Å². The van der Waals surface area contributed by atoms with Crippen molar-refractivity contribution in [3.63, 3.8) is 0 Å². The van der Waals surface area contributed by atoms with Crippen molar-refractivity contribution in [2.45, 2.75) is 25.3 Å². The smallest absolute Gasteiger partial charge is 0.251 e. The number of ether oxygens (including phenoxy) is 2. The molecule has 3 aromatic rings. The summed E-state index contributed by atoms with van der Waals surface area (Å²) in [5.41, 5.74) is 2.59. The van der Waals surface area contributed by atoms with E-state index in [4.69, 9.17) is 14.5 Å². The zero-order chi connectivity index (χ0) is 24.9. The zero-order valence-electron chi connectivity index (χ0n) is 20.0. The van der Waals surface area contributed by atoms with Crippen LogP contribution in [0, 0.1) is 0 Å². The molecular weight excluding hydrogens is 460 g/mol. The molecule has 2 aliphatic rings. The number of aromatic nitrogens is 2. The lowest BCUT2D eigenvalue weighted by Crippen LogP contribution is -2.38. The number of benzene rings is 2. The molecule has 0 saturated carbocycles. The van der Waals surface area contributed by atoms with Gasteiger partial charge in [-0.3, -0.25) is 9.59 Å². The van der Waals surface area contributed by atoms with Gasteiger partial charge in [0, 0.05) is 43.5 Å². The quantitative estimate of drug-likeness (QED) is 0.482. The van der Waals surface area contributed by atoms with Crippen molar-refractivity contribution in [1.29, 1.82) is 0 Å². The van der Waals surface area contributed by atoms with Gasteiger partial charge < -0.3 is 30.3 Å². The Morgan fingerprint density at radius 3 is 2.75 bits per heavy atom. The second kappa shape index (κ2) is 10.6. The van der Waals surface area contributed by atoms with Crippen molar-refractivity contribution in [2.24, 2.45) is 0 Å². The number of rotatable bonds is 6. The topological polar surface area (TPSA) is 118 Å². The molecule has 186 valence electrons. The normalized spacial score (nSPS) is 15.9. The number of carbonyl (C=O) groups excluding carboxylic acids is 2. The van der Waals surface area contributed by atoms with Gasteiger partial charge in [-0.05, 0) is 43.2 Å². The first-order valence-corrected chi connectivity index (χ1v) is 11.9. The van der Waals surface area contributed by atoms with Gasteiger partial charge in [0.1, 0.15) is 11.4 Å². The predicted molar refractivity (Wildman–Crippen MR) is 136 cm³/mol. The number of fused-ring (bicyclic) bond motifs is 1. The summed E-state index contributed by atoms with van der Waals surface area (Å²) in [5.74, 6) is 1.18. The summed E-state index contributed by atoms with van der Waals surface area (Å²) in [6.07, 6.45) is 3.53. The Hall–Kier alpha value is -4.18. The molecule has 1 saturated heterocycles. The van der Waals surface area contributed by atoms with E-state index in [1.165, 1.54) is 0 Å². The fourth-order valence-corrected chi connectivity index (χ4v) is 4.29. The maximum Gasteiger partial charge on any atom is 0.251 e. The van der Waals surface area contributed by atoms with Crippen LogP contribution in [-0.4, -0.2) is 54.7 Å². The number of hydrogen-bond donors (Lipinski definition) is 3. The molecule has 0 aliphatic carbocycles. The molecule has 0 bridgehead atoms. The van der Waals surface area contributed by atoms with Crippen LogP contribution in [0.4, 0.5) is 28.8 Å². The second-order valence-corrected chi connectivity index (χ2v) is 8.62. The molecule has 1 fully saturated rings. The minimum Gasteiger partial charge on any atom is -0.495 e. The van der Waals surface area contributed by atoms with Gasteiger partial charge in [0.25, 0.3) is 5.91 Å². The van der Waals surface area contributed by atoms with Crippen molar-refractivity contribution in [1.82, 2.24) is 15.3 Å². The minimum atomic E-state index is -0.151. The highest BCUT2D eigenvalue weighted by Crippen LogP contribution is 2.34. The summed E-state index contributed by atoms with van der Waals surface area (Å²) in [6.45, 7) is 1.80. The average Bonchev–Trinajstić information content (AvgIpc) is 3.08. The Labute approximate surface area is 209 Å². The molecule has 3 heterocycles. The lowest BCUT2D eigenvalue weighted by molar-refractivity contribution is -0.115. The molecule has 3 N–H and O–H groups in total. The van der Waals surface area contributed by atoms with E-state index in [-0.39, 0.29) is 17.9 Å². The number of hydrogen-bond acceptors (Lipinski definition) is 8. The average molecular weight is 489 g/mol. The van der Waals surface area contributed by atoms with Crippen LogP contribution in [-0.2, 0) is 9.53 Å². The summed E-state index contributed by atoms with van der Waals surface area (Å²) in [6, 6.07) is 15.1. The lowest BCUT2D eigenvalue weighted by atomic mass is 10.1. The standard InChI is InChI=1S/C26H28N6O4/c1-35-22-15-17(25(34)28-18-10-13-36-14-11-18)7-8-20(22)30-26-27-16-21-24(31-26)32(12-9-23(33)29-21)19-5-3-2-4-6-19/h2-8,15-16,18H,9-14H2,1H3,(H,28,34)(H,29,33)(H,27,30,31). The Morgan fingerprint density at radius 1 is 1.17 bits per heavy atom. The number of methoxy groups -OCH3 is 1. The Morgan fingerprint density at radius 2 is 1.97 bits per heavy atom. The number of para-hydroxylation sites is 1. The monoisotopic (exact) mass is 488 g/mol. The molecule has 10 heteroatoms. The Balaban J connectivity index is 1.39. The summed E-state index contributed by atoms with van der Waals surface area (Å²) >= 11 is 0. The molecule has 0 spiro atoms. The molecule has 2 aromatic carbocycles. The van der Waals surface area contributed by atoms with E-state index in [1.54, 1.807) is 31.5 Å². The Bertz CT molecular complexity index is 1250. The third-order valence-electron chi connectivity index (χ3n) is 6.20. The number of nitrogens with zero attached hydrogens (tertiary/aromatic N) is 3. The molecule has 0 radical (unpaired) electrons. The van der Waals surface area contributed by atoms with Gasteiger partial charge in [0.2, 0.25) is 11.9 Å². The van der Waals surface area contributed by atoms with E-state index in [1.807, 2.05) is 35.2 Å².